The summed E-state index contributed by atoms with van der Waals surface area (Å²) in [5, 5.41) is 47.5. The van der Waals surface area contributed by atoms with E-state index < -0.39 is 82.6 Å². The molecule has 0 saturated heterocycles. The third-order valence-electron chi connectivity index (χ3n) is 5.59. The van der Waals surface area contributed by atoms with Crippen LogP contribution >= 0.6 is 0 Å². The van der Waals surface area contributed by atoms with E-state index in [9.17, 15) is 46.8 Å². The Morgan fingerprint density at radius 2 is 1.14 bits per heavy atom. The number of benzene rings is 1. The van der Waals surface area contributed by atoms with Gasteiger partial charge in [-0.2, -0.15) is 22.8 Å². The Labute approximate surface area is 289 Å². The van der Waals surface area contributed by atoms with Crippen LogP contribution in [0.25, 0.3) is 4.85 Å². The molecule has 1 aromatic carbocycles. The summed E-state index contributed by atoms with van der Waals surface area (Å²) in [5.74, 6) is 0.368. The smallest absolute Gasteiger partial charge is 0.492 e. The molecule has 0 radical (unpaired) electrons. The van der Waals surface area contributed by atoms with Gasteiger partial charge in [-0.05, 0) is 18.6 Å². The highest BCUT2D eigenvalue weighted by molar-refractivity contribution is 5.48. The van der Waals surface area contributed by atoms with Crippen molar-refractivity contribution in [2.24, 2.45) is 0 Å². The molecule has 4 N–H and O–H groups in total. The molecule has 0 aliphatic heterocycles. The zero-order valence-corrected chi connectivity index (χ0v) is 27.4. The monoisotopic (exact) mass is 752 g/mol. The summed E-state index contributed by atoms with van der Waals surface area (Å²) < 4.78 is 123. The van der Waals surface area contributed by atoms with Crippen LogP contribution in [0, 0.1) is 17.9 Å². The summed E-state index contributed by atoms with van der Waals surface area (Å²) in [6.07, 6.45) is -19.3. The predicted octanol–water partition coefficient (Wildman–Crippen LogP) is 2.23. The van der Waals surface area contributed by atoms with Gasteiger partial charge in [0.05, 0.1) is 72.1 Å². The van der Waals surface area contributed by atoms with E-state index in [4.69, 9.17) is 35.5 Å². The molecular weight excluding hydrogens is 710 g/mol. The Kier molecular flexibility index (Phi) is 22.7. The van der Waals surface area contributed by atoms with Gasteiger partial charge in [0.25, 0.3) is 0 Å². The van der Waals surface area contributed by atoms with Crippen molar-refractivity contribution < 1.29 is 89.4 Å². The van der Waals surface area contributed by atoms with Crippen LogP contribution in [0.2, 0.25) is 0 Å². The number of halogens is 6. The maximum atomic E-state index is 13.8. The van der Waals surface area contributed by atoms with Crippen LogP contribution in [-0.4, -0.2) is 149 Å². The van der Waals surface area contributed by atoms with Crippen molar-refractivity contribution >= 4 is 5.69 Å². The van der Waals surface area contributed by atoms with Crippen molar-refractivity contribution in [2.75, 3.05) is 85.9 Å². The third kappa shape index (κ3) is 24.8. The molecule has 21 heteroatoms. The Balaban J connectivity index is 2.17. The molecule has 0 aliphatic carbocycles. The number of rotatable bonds is 31. The molecule has 4 unspecified atom stereocenters. The minimum atomic E-state index is -5.50. The first-order valence-electron chi connectivity index (χ1n) is 15.3. The van der Waals surface area contributed by atoms with Gasteiger partial charge >= 0.3 is 18.5 Å². The Morgan fingerprint density at radius 1 is 0.667 bits per heavy atom. The Hall–Kier alpha value is -2.90. The number of nitrogens with zero attached hydrogens (tertiary/aromatic N) is 2. The van der Waals surface area contributed by atoms with Gasteiger partial charge in [0.15, 0.2) is 5.69 Å². The maximum absolute atomic E-state index is 13.8. The molecule has 0 bridgehead atoms. The summed E-state index contributed by atoms with van der Waals surface area (Å²) in [4.78, 5) is 3.25. The van der Waals surface area contributed by atoms with Gasteiger partial charge in [0.2, 0.25) is 0 Å². The van der Waals surface area contributed by atoms with Gasteiger partial charge in [0.1, 0.15) is 50.0 Å². The second-order valence-corrected chi connectivity index (χ2v) is 10.5. The molecule has 4 atom stereocenters. The zero-order valence-electron chi connectivity index (χ0n) is 27.4. The second-order valence-electron chi connectivity index (χ2n) is 10.5. The number of nitriles is 1. The lowest BCUT2D eigenvalue weighted by Gasteiger charge is -2.26. The van der Waals surface area contributed by atoms with E-state index in [1.165, 1.54) is 6.07 Å². The van der Waals surface area contributed by atoms with E-state index in [1.54, 1.807) is 18.2 Å². The summed E-state index contributed by atoms with van der Waals surface area (Å²) >= 11 is 0. The van der Waals surface area contributed by atoms with Gasteiger partial charge < -0.3 is 53.6 Å². The molecule has 0 fully saturated rings. The van der Waals surface area contributed by atoms with Gasteiger partial charge in [-0.15, -0.1) is 8.78 Å². The zero-order chi connectivity index (χ0) is 38.2. The average Bonchev–Trinajstić information content (AvgIpc) is 3.04. The van der Waals surface area contributed by atoms with Crippen molar-refractivity contribution in [2.45, 2.75) is 55.8 Å². The van der Waals surface area contributed by atoms with E-state index >= 15 is 0 Å². The number of ether oxygens (including phenoxy) is 9. The summed E-state index contributed by atoms with van der Waals surface area (Å²) in [6, 6.07) is 8.18. The van der Waals surface area contributed by atoms with Gasteiger partial charge in [-0.3, -0.25) is 0 Å². The molecule has 0 heterocycles. The molecule has 0 amide bonds. The lowest BCUT2D eigenvalue weighted by Crippen LogP contribution is -2.44. The maximum Gasteiger partial charge on any atom is 0.495 e. The van der Waals surface area contributed by atoms with Crippen LogP contribution in [-0.2, 0) is 37.9 Å². The van der Waals surface area contributed by atoms with Gasteiger partial charge in [-0.1, -0.05) is 12.1 Å². The molecule has 0 saturated carbocycles. The minimum absolute atomic E-state index is 0.129. The lowest BCUT2D eigenvalue weighted by atomic mass is 10.3. The van der Waals surface area contributed by atoms with Crippen LogP contribution in [0.15, 0.2) is 24.3 Å². The molecular formula is C30H42F6N2O13. The van der Waals surface area contributed by atoms with Crippen molar-refractivity contribution in [3.05, 3.63) is 35.7 Å². The first kappa shape index (κ1) is 46.1. The van der Waals surface area contributed by atoms with E-state index in [0.29, 0.717) is 17.9 Å². The van der Waals surface area contributed by atoms with Gasteiger partial charge in [0, 0.05) is 13.0 Å². The van der Waals surface area contributed by atoms with E-state index in [0.717, 1.165) is 0 Å². The van der Waals surface area contributed by atoms with E-state index in [-0.39, 0.29) is 52.7 Å². The first-order chi connectivity index (χ1) is 24.1. The molecule has 51 heavy (non-hydrogen) atoms. The molecule has 1 rings (SSSR count). The van der Waals surface area contributed by atoms with Crippen LogP contribution < -0.4 is 4.74 Å². The molecule has 1 aromatic rings. The Morgan fingerprint density at radius 3 is 1.69 bits per heavy atom. The van der Waals surface area contributed by atoms with Gasteiger partial charge in [-0.25, -0.2) is 14.3 Å². The largest absolute Gasteiger partial charge is 0.495 e. The number of unbranched alkanes of at least 4 members (excludes halogenated alkanes) is 1. The van der Waals surface area contributed by atoms with E-state index in [1.807, 2.05) is 6.07 Å². The fourth-order valence-electron chi connectivity index (χ4n) is 3.45. The topological polar surface area (TPSA) is 192 Å². The SMILES string of the molecule is [C-]#[N+]c1cccc(OCC(O)COCC(O)COCCOCC(F)(F)OC(F)(F)OC(F)(F)COCC(O)COCC(O)COCCCC#N)c1. The average molecular weight is 753 g/mol. The van der Waals surface area contributed by atoms with Crippen molar-refractivity contribution in [3.8, 4) is 11.8 Å². The normalized spacial score (nSPS) is 14.7. The number of hydrogen-bond acceptors (Lipinski definition) is 14. The molecule has 0 spiro atoms. The van der Waals surface area contributed by atoms with Crippen LogP contribution in [0.1, 0.15) is 12.8 Å². The number of alkyl halides is 6. The summed E-state index contributed by atoms with van der Waals surface area (Å²) in [5.41, 5.74) is 0.355. The van der Waals surface area contributed by atoms with Crippen LogP contribution in [0.4, 0.5) is 32.0 Å². The number of aliphatic hydroxyl groups excluding tert-OH is 4. The highest BCUT2D eigenvalue weighted by atomic mass is 19.3. The fourth-order valence-corrected chi connectivity index (χ4v) is 3.45. The molecule has 292 valence electrons. The standard InChI is InChI=1S/C30H42F6N2O13/c1-38-22-5-4-6-27(11-22)49-19-26(42)17-47-15-24(40)13-44-9-10-45-20-28(31,32)50-30(35,36)51-29(33,34)21-48-18-25(41)16-46-14-23(39)12-43-8-3-2-7-37/h4-6,11,23-26,39-42H,2-3,8-10,12-21H2. The predicted molar refractivity (Wildman–Crippen MR) is 159 cm³/mol. The number of hydrogen-bond donors (Lipinski definition) is 4. The quantitative estimate of drug-likeness (QED) is 0.0374. The Bertz CT molecular complexity index is 1160. The lowest BCUT2D eigenvalue weighted by molar-refractivity contribution is -0.518. The summed E-state index contributed by atoms with van der Waals surface area (Å²) in [6.45, 7) is -0.325. The highest BCUT2D eigenvalue weighted by Gasteiger charge is 2.52. The summed E-state index contributed by atoms with van der Waals surface area (Å²) in [7, 11) is 0. The fraction of sp³-hybridized carbons (Fsp3) is 0.733. The minimum Gasteiger partial charge on any atom is -0.492 e. The molecule has 15 nitrogen and oxygen atoms in total. The molecule has 0 aliphatic rings. The van der Waals surface area contributed by atoms with Crippen LogP contribution in [0.5, 0.6) is 5.75 Å². The van der Waals surface area contributed by atoms with Crippen molar-refractivity contribution in [3.63, 3.8) is 0 Å². The van der Waals surface area contributed by atoms with Crippen LogP contribution in [0.3, 0.4) is 0 Å². The van der Waals surface area contributed by atoms with Crippen molar-refractivity contribution in [1.29, 1.82) is 5.26 Å². The molecule has 0 aromatic heterocycles. The highest BCUT2D eigenvalue weighted by Crippen LogP contribution is 2.33. The van der Waals surface area contributed by atoms with Crippen molar-refractivity contribution in [1.82, 2.24) is 0 Å². The van der Waals surface area contributed by atoms with E-state index in [2.05, 4.69) is 23.8 Å². The number of aliphatic hydroxyl groups is 4. The first-order valence-corrected chi connectivity index (χ1v) is 15.3. The second kappa shape index (κ2) is 25.1. The third-order valence-corrected chi connectivity index (χ3v) is 5.59.